The highest BCUT2D eigenvalue weighted by Gasteiger charge is 2.07. The standard InChI is InChI=1S/C16H24N6O.HI/c1-11(2)9-18-16(17-3)19-10-14-20-15(22-21-14)12-5-7-13(23-4)8-6-12;/h5-8,11H,9-10H2,1-4H3,(H2,17,18,19)(H,20,21,22);1H. The second kappa shape index (κ2) is 10.1. The molecule has 8 heteroatoms. The van der Waals surface area contributed by atoms with Crippen LogP contribution in [-0.2, 0) is 6.54 Å². The van der Waals surface area contributed by atoms with Gasteiger partial charge in [-0.3, -0.25) is 10.1 Å². The van der Waals surface area contributed by atoms with Crippen LogP contribution in [0.25, 0.3) is 11.4 Å². The van der Waals surface area contributed by atoms with E-state index in [1.165, 1.54) is 0 Å². The molecule has 0 aliphatic carbocycles. The number of ether oxygens (including phenoxy) is 1. The first-order chi connectivity index (χ1) is 11.1. The highest BCUT2D eigenvalue weighted by molar-refractivity contribution is 14.0. The Balaban J connectivity index is 0.00000288. The molecule has 132 valence electrons. The normalized spacial score (nSPS) is 11.1. The van der Waals surface area contributed by atoms with Gasteiger partial charge < -0.3 is 15.4 Å². The van der Waals surface area contributed by atoms with Crippen LogP contribution in [0.3, 0.4) is 0 Å². The molecule has 0 aliphatic heterocycles. The SMILES string of the molecule is CN=C(NCc1nc(-c2ccc(OC)cc2)n[nH]1)NCC(C)C.I. The fourth-order valence-electron chi connectivity index (χ4n) is 1.93. The van der Waals surface area contributed by atoms with Gasteiger partial charge in [0.25, 0.3) is 0 Å². The third-order valence-electron chi connectivity index (χ3n) is 3.20. The van der Waals surface area contributed by atoms with E-state index in [1.54, 1.807) is 14.2 Å². The molecule has 0 fully saturated rings. The predicted octanol–water partition coefficient (Wildman–Crippen LogP) is 2.42. The van der Waals surface area contributed by atoms with Gasteiger partial charge in [-0.15, -0.1) is 24.0 Å². The van der Waals surface area contributed by atoms with Crippen LogP contribution in [-0.4, -0.2) is 41.8 Å². The lowest BCUT2D eigenvalue weighted by atomic mass is 10.2. The van der Waals surface area contributed by atoms with Gasteiger partial charge in [0.15, 0.2) is 11.8 Å². The van der Waals surface area contributed by atoms with E-state index in [0.29, 0.717) is 18.3 Å². The number of H-pyrrole nitrogens is 1. The first-order valence-electron chi connectivity index (χ1n) is 7.62. The van der Waals surface area contributed by atoms with Crippen molar-refractivity contribution < 1.29 is 4.74 Å². The van der Waals surface area contributed by atoms with E-state index in [0.717, 1.165) is 29.6 Å². The molecule has 1 heterocycles. The van der Waals surface area contributed by atoms with Gasteiger partial charge in [0, 0.05) is 19.2 Å². The molecule has 0 saturated carbocycles. The molecule has 0 radical (unpaired) electrons. The summed E-state index contributed by atoms with van der Waals surface area (Å²) in [7, 11) is 3.39. The predicted molar refractivity (Wildman–Crippen MR) is 107 cm³/mol. The maximum Gasteiger partial charge on any atom is 0.191 e. The number of halogens is 1. The van der Waals surface area contributed by atoms with Gasteiger partial charge in [-0.25, -0.2) is 4.98 Å². The van der Waals surface area contributed by atoms with E-state index in [4.69, 9.17) is 4.74 Å². The van der Waals surface area contributed by atoms with Gasteiger partial charge in [-0.1, -0.05) is 13.8 Å². The van der Waals surface area contributed by atoms with Gasteiger partial charge in [0.05, 0.1) is 13.7 Å². The highest BCUT2D eigenvalue weighted by atomic mass is 127. The number of aromatic amines is 1. The minimum Gasteiger partial charge on any atom is -0.497 e. The van der Waals surface area contributed by atoms with E-state index in [9.17, 15) is 0 Å². The zero-order chi connectivity index (χ0) is 16.7. The number of nitrogens with one attached hydrogen (secondary N) is 3. The second-order valence-electron chi connectivity index (χ2n) is 5.53. The Morgan fingerprint density at radius 2 is 1.96 bits per heavy atom. The van der Waals surface area contributed by atoms with Crippen molar-refractivity contribution in [2.75, 3.05) is 20.7 Å². The fourth-order valence-corrected chi connectivity index (χ4v) is 1.93. The topological polar surface area (TPSA) is 87.2 Å². The molecule has 0 saturated heterocycles. The maximum absolute atomic E-state index is 5.15. The van der Waals surface area contributed by atoms with E-state index >= 15 is 0 Å². The average Bonchev–Trinajstić information content (AvgIpc) is 3.04. The Labute approximate surface area is 159 Å². The van der Waals surface area contributed by atoms with Crippen molar-refractivity contribution in [3.63, 3.8) is 0 Å². The summed E-state index contributed by atoms with van der Waals surface area (Å²) in [6, 6.07) is 7.65. The van der Waals surface area contributed by atoms with Gasteiger partial charge in [0.1, 0.15) is 11.6 Å². The van der Waals surface area contributed by atoms with Crippen molar-refractivity contribution >= 4 is 29.9 Å². The Hall–Kier alpha value is -1.84. The zero-order valence-corrected chi connectivity index (χ0v) is 16.8. The minimum absolute atomic E-state index is 0. The van der Waals surface area contributed by atoms with Crippen LogP contribution in [0.1, 0.15) is 19.7 Å². The Bertz CT molecular complexity index is 638. The van der Waals surface area contributed by atoms with Crippen LogP contribution in [0.5, 0.6) is 5.75 Å². The Kier molecular flexibility index (Phi) is 8.51. The number of benzene rings is 1. The molecule has 0 amide bonds. The van der Waals surface area contributed by atoms with Crippen LogP contribution < -0.4 is 15.4 Å². The highest BCUT2D eigenvalue weighted by Crippen LogP contribution is 2.18. The lowest BCUT2D eigenvalue weighted by molar-refractivity contribution is 0.415. The number of hydrogen-bond acceptors (Lipinski definition) is 4. The molecule has 0 atom stereocenters. The van der Waals surface area contributed by atoms with E-state index in [-0.39, 0.29) is 24.0 Å². The zero-order valence-electron chi connectivity index (χ0n) is 14.5. The van der Waals surface area contributed by atoms with Gasteiger partial charge in [0.2, 0.25) is 0 Å². The van der Waals surface area contributed by atoms with Gasteiger partial charge in [-0.2, -0.15) is 5.10 Å². The van der Waals surface area contributed by atoms with Crippen LogP contribution >= 0.6 is 24.0 Å². The fraction of sp³-hybridized carbons (Fsp3) is 0.438. The molecule has 0 aliphatic rings. The number of aliphatic imine (C=N–C) groups is 1. The monoisotopic (exact) mass is 444 g/mol. The van der Waals surface area contributed by atoms with E-state index in [2.05, 4.69) is 44.7 Å². The molecule has 2 aromatic rings. The van der Waals surface area contributed by atoms with Crippen molar-refractivity contribution in [3.8, 4) is 17.1 Å². The summed E-state index contributed by atoms with van der Waals surface area (Å²) in [6.45, 7) is 5.70. The van der Waals surface area contributed by atoms with Crippen molar-refractivity contribution in [2.45, 2.75) is 20.4 Å². The summed E-state index contributed by atoms with van der Waals surface area (Å²) >= 11 is 0. The molecule has 0 spiro atoms. The number of hydrogen-bond donors (Lipinski definition) is 3. The molecule has 7 nitrogen and oxygen atoms in total. The van der Waals surface area contributed by atoms with Crippen molar-refractivity contribution in [1.29, 1.82) is 0 Å². The van der Waals surface area contributed by atoms with Crippen molar-refractivity contribution in [3.05, 3.63) is 30.1 Å². The molecule has 0 bridgehead atoms. The number of guanidine groups is 1. The number of nitrogens with zero attached hydrogens (tertiary/aromatic N) is 3. The average molecular weight is 444 g/mol. The summed E-state index contributed by atoms with van der Waals surface area (Å²) in [4.78, 5) is 8.66. The molecule has 0 unspecified atom stereocenters. The van der Waals surface area contributed by atoms with Crippen LogP contribution in [0.2, 0.25) is 0 Å². The maximum atomic E-state index is 5.15. The van der Waals surface area contributed by atoms with E-state index in [1.807, 2.05) is 24.3 Å². The van der Waals surface area contributed by atoms with Crippen LogP contribution in [0.15, 0.2) is 29.3 Å². The summed E-state index contributed by atoms with van der Waals surface area (Å²) in [6.07, 6.45) is 0. The minimum atomic E-state index is 0. The smallest absolute Gasteiger partial charge is 0.191 e. The Morgan fingerprint density at radius 1 is 1.25 bits per heavy atom. The lowest BCUT2D eigenvalue weighted by Crippen LogP contribution is -2.38. The van der Waals surface area contributed by atoms with Gasteiger partial charge >= 0.3 is 0 Å². The summed E-state index contributed by atoms with van der Waals surface area (Å²) in [5.41, 5.74) is 0.940. The summed E-state index contributed by atoms with van der Waals surface area (Å²) in [5, 5.41) is 13.6. The third-order valence-corrected chi connectivity index (χ3v) is 3.20. The molecule has 24 heavy (non-hydrogen) atoms. The molecular weight excluding hydrogens is 419 g/mol. The van der Waals surface area contributed by atoms with Crippen molar-refractivity contribution in [2.24, 2.45) is 10.9 Å². The lowest BCUT2D eigenvalue weighted by Gasteiger charge is -2.12. The Morgan fingerprint density at radius 3 is 2.54 bits per heavy atom. The molecular formula is C16H25IN6O. The molecule has 3 N–H and O–H groups in total. The first-order valence-corrected chi connectivity index (χ1v) is 7.62. The van der Waals surface area contributed by atoms with Crippen LogP contribution in [0, 0.1) is 5.92 Å². The third kappa shape index (κ3) is 5.99. The quantitative estimate of drug-likeness (QED) is 0.362. The summed E-state index contributed by atoms with van der Waals surface area (Å²) in [5.74, 6) is 3.53. The van der Waals surface area contributed by atoms with Crippen molar-refractivity contribution in [1.82, 2.24) is 25.8 Å². The molecule has 2 rings (SSSR count). The number of methoxy groups -OCH3 is 1. The molecule has 1 aromatic heterocycles. The van der Waals surface area contributed by atoms with Gasteiger partial charge in [-0.05, 0) is 30.2 Å². The first kappa shape index (κ1) is 20.2. The molecule has 1 aromatic carbocycles. The number of rotatable bonds is 6. The second-order valence-corrected chi connectivity index (χ2v) is 5.53. The number of aromatic nitrogens is 3. The summed E-state index contributed by atoms with van der Waals surface area (Å²) < 4.78 is 5.15. The van der Waals surface area contributed by atoms with Crippen LogP contribution in [0.4, 0.5) is 0 Å². The van der Waals surface area contributed by atoms with E-state index < -0.39 is 0 Å². The largest absolute Gasteiger partial charge is 0.497 e.